The van der Waals surface area contributed by atoms with Gasteiger partial charge in [0.1, 0.15) is 0 Å². The second-order valence-corrected chi connectivity index (χ2v) is 9.18. The summed E-state index contributed by atoms with van der Waals surface area (Å²) in [5, 5.41) is 4.38. The Kier molecular flexibility index (Phi) is 5.74. The van der Waals surface area contributed by atoms with E-state index < -0.39 is 0 Å². The maximum Gasteiger partial charge on any atom is 0.170 e. The molecule has 2 saturated heterocycles. The largest absolute Gasteiger partial charge is 0.376 e. The van der Waals surface area contributed by atoms with Gasteiger partial charge in [0.25, 0.3) is 0 Å². The van der Waals surface area contributed by atoms with Crippen molar-refractivity contribution in [3.05, 3.63) is 82.9 Å². The topological polar surface area (TPSA) is 42.3 Å². The number of para-hydroxylation sites is 1. The van der Waals surface area contributed by atoms with E-state index in [1.54, 1.807) is 0 Å². The Morgan fingerprint density at radius 2 is 1.84 bits per heavy atom. The Bertz CT molecular complexity index is 1110. The normalized spacial score (nSPS) is 23.0. The van der Waals surface area contributed by atoms with E-state index in [4.69, 9.17) is 21.9 Å². The van der Waals surface area contributed by atoms with Crippen molar-refractivity contribution in [2.45, 2.75) is 51.8 Å². The van der Waals surface area contributed by atoms with Gasteiger partial charge in [-0.15, -0.1) is 0 Å². The van der Waals surface area contributed by atoms with Gasteiger partial charge in [0.05, 0.1) is 23.9 Å². The van der Waals surface area contributed by atoms with E-state index in [9.17, 15) is 0 Å². The van der Waals surface area contributed by atoms with Crippen molar-refractivity contribution < 1.29 is 4.74 Å². The summed E-state index contributed by atoms with van der Waals surface area (Å²) in [5.74, 6) is 0. The molecule has 2 fully saturated rings. The van der Waals surface area contributed by atoms with Crippen molar-refractivity contribution in [2.75, 3.05) is 13.2 Å². The van der Waals surface area contributed by atoms with Crippen molar-refractivity contribution in [2.24, 2.45) is 0 Å². The Balaban J connectivity index is 1.63. The number of ether oxygens (including phenoxy) is 1. The molecule has 1 N–H and O–H groups in total. The number of hydrogen-bond donors (Lipinski definition) is 1. The molecule has 166 valence electrons. The van der Waals surface area contributed by atoms with Gasteiger partial charge in [-0.1, -0.05) is 24.3 Å². The van der Waals surface area contributed by atoms with E-state index in [0.717, 1.165) is 36.8 Å². The second-order valence-electron chi connectivity index (χ2n) is 8.79. The molecule has 0 radical (unpaired) electrons. The molecule has 2 aromatic heterocycles. The lowest BCUT2D eigenvalue weighted by atomic mass is 9.93. The first-order valence-electron chi connectivity index (χ1n) is 11.4. The molecule has 4 heterocycles. The van der Waals surface area contributed by atoms with Crippen molar-refractivity contribution in [3.8, 4) is 5.69 Å². The van der Waals surface area contributed by atoms with Crippen LogP contribution in [0.15, 0.2) is 54.7 Å². The monoisotopic (exact) mass is 446 g/mol. The van der Waals surface area contributed by atoms with Gasteiger partial charge in [-0.2, -0.15) is 0 Å². The van der Waals surface area contributed by atoms with E-state index in [1.165, 1.54) is 28.2 Å². The van der Waals surface area contributed by atoms with Crippen LogP contribution in [0.1, 0.15) is 53.1 Å². The van der Waals surface area contributed by atoms with Gasteiger partial charge in [-0.25, -0.2) is 0 Å². The van der Waals surface area contributed by atoms with Crippen LogP contribution in [-0.2, 0) is 4.74 Å². The molecule has 32 heavy (non-hydrogen) atoms. The highest BCUT2D eigenvalue weighted by molar-refractivity contribution is 7.80. The number of rotatable bonds is 5. The molecule has 0 amide bonds. The number of benzene rings is 1. The fraction of sp³-hybridized carbons (Fsp3) is 0.385. The summed E-state index contributed by atoms with van der Waals surface area (Å²) in [4.78, 5) is 7.04. The molecule has 3 aromatic rings. The van der Waals surface area contributed by atoms with E-state index in [2.05, 4.69) is 72.0 Å². The number of pyridine rings is 1. The summed E-state index contributed by atoms with van der Waals surface area (Å²) >= 11 is 5.87. The van der Waals surface area contributed by atoms with Crippen LogP contribution in [0.5, 0.6) is 0 Å². The molecule has 2 aliphatic rings. The molecular formula is C26H30N4OS. The fourth-order valence-corrected chi connectivity index (χ4v) is 5.64. The van der Waals surface area contributed by atoms with Crippen LogP contribution in [0.4, 0.5) is 0 Å². The summed E-state index contributed by atoms with van der Waals surface area (Å²) in [7, 11) is 0. The highest BCUT2D eigenvalue weighted by atomic mass is 32.1. The average molecular weight is 447 g/mol. The smallest absolute Gasteiger partial charge is 0.170 e. The molecular weight excluding hydrogens is 416 g/mol. The van der Waals surface area contributed by atoms with E-state index in [0.29, 0.717) is 0 Å². The van der Waals surface area contributed by atoms with Crippen LogP contribution >= 0.6 is 12.2 Å². The zero-order chi connectivity index (χ0) is 22.2. The molecule has 0 spiro atoms. The predicted octanol–water partition coefficient (Wildman–Crippen LogP) is 4.95. The molecule has 0 bridgehead atoms. The van der Waals surface area contributed by atoms with Gasteiger partial charge < -0.3 is 19.5 Å². The third-order valence-corrected chi connectivity index (χ3v) is 7.29. The van der Waals surface area contributed by atoms with Crippen LogP contribution in [0.25, 0.3) is 5.69 Å². The first-order chi connectivity index (χ1) is 15.6. The first-order valence-corrected chi connectivity index (χ1v) is 11.8. The number of thiocarbonyl (C=S) groups is 1. The molecule has 2 aliphatic heterocycles. The summed E-state index contributed by atoms with van der Waals surface area (Å²) in [6.45, 7) is 8.31. The fourth-order valence-electron chi connectivity index (χ4n) is 5.33. The van der Waals surface area contributed by atoms with Crippen LogP contribution < -0.4 is 5.32 Å². The van der Waals surface area contributed by atoms with Crippen LogP contribution in [-0.4, -0.2) is 38.8 Å². The van der Waals surface area contributed by atoms with E-state index >= 15 is 0 Å². The summed E-state index contributed by atoms with van der Waals surface area (Å²) in [5.41, 5.74) is 7.34. The summed E-state index contributed by atoms with van der Waals surface area (Å²) < 4.78 is 8.36. The van der Waals surface area contributed by atoms with Gasteiger partial charge >= 0.3 is 0 Å². The molecule has 0 unspecified atom stereocenters. The Morgan fingerprint density at radius 3 is 2.53 bits per heavy atom. The van der Waals surface area contributed by atoms with Gasteiger partial charge in [-0.05, 0) is 75.7 Å². The second kappa shape index (κ2) is 8.68. The van der Waals surface area contributed by atoms with Crippen molar-refractivity contribution in [3.63, 3.8) is 0 Å². The highest BCUT2D eigenvalue weighted by Crippen LogP contribution is 2.43. The Hall–Kier alpha value is -2.70. The lowest BCUT2D eigenvalue weighted by Crippen LogP contribution is -2.36. The third-order valence-electron chi connectivity index (χ3n) is 6.94. The van der Waals surface area contributed by atoms with Crippen molar-refractivity contribution >= 4 is 17.3 Å². The van der Waals surface area contributed by atoms with Crippen molar-refractivity contribution in [1.82, 2.24) is 19.8 Å². The van der Waals surface area contributed by atoms with Gasteiger partial charge in [0.2, 0.25) is 0 Å². The van der Waals surface area contributed by atoms with Gasteiger partial charge in [0.15, 0.2) is 5.11 Å². The standard InChI is InChI=1S/C26H30N4OS/c1-17-18(2)30(20-10-5-4-6-11-20)19(3)23(17)25-24(22-13-7-8-14-27-22)28-26(32)29(25)16-21-12-9-15-31-21/h4-8,10-11,13-14,21,24-25H,9,12,15-16H2,1-3H3,(H,28,32)/t21-,24-,25-/m0/s1. The lowest BCUT2D eigenvalue weighted by Gasteiger charge is -2.30. The SMILES string of the molecule is Cc1c([C@H]2[C@H](c3ccccn3)NC(=S)N2C[C@@H]2CCCO2)c(C)n(-c2ccccc2)c1C. The van der Waals surface area contributed by atoms with Crippen LogP contribution in [0, 0.1) is 20.8 Å². The van der Waals surface area contributed by atoms with Crippen LogP contribution in [0.2, 0.25) is 0 Å². The number of nitrogens with one attached hydrogen (secondary N) is 1. The molecule has 1 aromatic carbocycles. The summed E-state index contributed by atoms with van der Waals surface area (Å²) in [6.07, 6.45) is 4.29. The number of nitrogens with zero attached hydrogens (tertiary/aromatic N) is 3. The zero-order valence-electron chi connectivity index (χ0n) is 18.9. The molecule has 5 rings (SSSR count). The van der Waals surface area contributed by atoms with Gasteiger partial charge in [-0.3, -0.25) is 4.98 Å². The third kappa shape index (κ3) is 3.61. The minimum Gasteiger partial charge on any atom is -0.376 e. The van der Waals surface area contributed by atoms with E-state index in [1.807, 2.05) is 18.3 Å². The maximum absolute atomic E-state index is 6.00. The maximum atomic E-state index is 6.00. The van der Waals surface area contributed by atoms with Crippen LogP contribution in [0.3, 0.4) is 0 Å². The van der Waals surface area contributed by atoms with Crippen molar-refractivity contribution in [1.29, 1.82) is 0 Å². The Morgan fingerprint density at radius 1 is 1.06 bits per heavy atom. The predicted molar refractivity (Wildman–Crippen MR) is 131 cm³/mol. The summed E-state index contributed by atoms with van der Waals surface area (Å²) in [6, 6.07) is 16.7. The minimum absolute atomic E-state index is 0.00599. The van der Waals surface area contributed by atoms with Gasteiger partial charge in [0, 0.05) is 42.0 Å². The first kappa shape index (κ1) is 21.2. The molecule has 0 saturated carbocycles. The number of hydrogen-bond acceptors (Lipinski definition) is 3. The average Bonchev–Trinajstić information content (AvgIpc) is 3.49. The highest BCUT2D eigenvalue weighted by Gasteiger charge is 2.43. The zero-order valence-corrected chi connectivity index (χ0v) is 19.7. The Labute approximate surface area is 195 Å². The minimum atomic E-state index is -0.00599. The lowest BCUT2D eigenvalue weighted by molar-refractivity contribution is 0.0841. The molecule has 3 atom stereocenters. The molecule has 6 heteroatoms. The molecule has 5 nitrogen and oxygen atoms in total. The van der Waals surface area contributed by atoms with E-state index in [-0.39, 0.29) is 18.2 Å². The molecule has 0 aliphatic carbocycles. The number of aromatic nitrogens is 2. The quantitative estimate of drug-likeness (QED) is 0.562.